The molecule has 0 saturated heterocycles. The van der Waals surface area contributed by atoms with Crippen molar-refractivity contribution >= 4 is 34.2 Å². The first-order valence-corrected chi connectivity index (χ1v) is 6.93. The normalized spacial score (nSPS) is 10.5. The van der Waals surface area contributed by atoms with Crippen molar-refractivity contribution in [2.45, 2.75) is 6.61 Å². The van der Waals surface area contributed by atoms with Crippen molar-refractivity contribution in [1.82, 2.24) is 0 Å². The van der Waals surface area contributed by atoms with E-state index < -0.39 is 0 Å². The first kappa shape index (κ1) is 13.8. The van der Waals surface area contributed by atoms with Gasteiger partial charge in [-0.25, -0.2) is 0 Å². The summed E-state index contributed by atoms with van der Waals surface area (Å²) < 4.78 is 11.2. The van der Waals surface area contributed by atoms with Crippen molar-refractivity contribution in [2.75, 3.05) is 0 Å². The van der Waals surface area contributed by atoms with Gasteiger partial charge in [0.15, 0.2) is 5.75 Å². The molecule has 0 fully saturated rings. The maximum absolute atomic E-state index is 9.14. The highest BCUT2D eigenvalue weighted by molar-refractivity contribution is 6.42. The maximum atomic E-state index is 9.14. The molecular weight excluding hydrogens is 309 g/mol. The molecule has 1 aromatic heterocycles. The van der Waals surface area contributed by atoms with Crippen LogP contribution in [0.5, 0.6) is 5.75 Å². The Labute approximate surface area is 131 Å². The number of benzene rings is 2. The molecule has 0 aliphatic rings. The van der Waals surface area contributed by atoms with Crippen molar-refractivity contribution in [3.63, 3.8) is 0 Å². The number of halogens is 2. The van der Waals surface area contributed by atoms with Gasteiger partial charge in [-0.1, -0.05) is 47.5 Å². The largest absolute Gasteiger partial charge is 0.483 e. The number of nitrogens with zero attached hydrogens (tertiary/aromatic N) is 1. The Morgan fingerprint density at radius 1 is 1.10 bits per heavy atom. The second-order valence-corrected chi connectivity index (χ2v) is 5.16. The monoisotopic (exact) mass is 317 g/mol. The van der Waals surface area contributed by atoms with Gasteiger partial charge >= 0.3 is 0 Å². The molecule has 21 heavy (non-hydrogen) atoms. The molecule has 104 valence electrons. The second-order valence-electron chi connectivity index (χ2n) is 4.37. The Hall–Kier alpha value is -2.15. The van der Waals surface area contributed by atoms with Gasteiger partial charge in [0.25, 0.3) is 0 Å². The number of para-hydroxylation sites is 1. The van der Waals surface area contributed by atoms with Crippen LogP contribution in [0.4, 0.5) is 0 Å². The van der Waals surface area contributed by atoms with Gasteiger partial charge in [-0.3, -0.25) is 0 Å². The summed E-state index contributed by atoms with van der Waals surface area (Å²) in [5, 5.41) is 10.8. The van der Waals surface area contributed by atoms with Crippen LogP contribution in [0.1, 0.15) is 11.3 Å². The van der Waals surface area contributed by atoms with Crippen LogP contribution in [0.15, 0.2) is 46.9 Å². The minimum absolute atomic E-state index is 0.148. The third kappa shape index (κ3) is 2.56. The van der Waals surface area contributed by atoms with E-state index >= 15 is 0 Å². The van der Waals surface area contributed by atoms with Crippen LogP contribution in [0.3, 0.4) is 0 Å². The molecule has 0 radical (unpaired) electrons. The van der Waals surface area contributed by atoms with E-state index in [1.807, 2.05) is 30.3 Å². The molecule has 2 aromatic carbocycles. The van der Waals surface area contributed by atoms with Gasteiger partial charge in [0.1, 0.15) is 18.3 Å². The standard InChI is InChI=1S/C16H9Cl2NO2/c17-12-6-3-4-10(15(12)18)9-20-16-11-5-1-2-7-13(11)21-14(16)8-19/h1-7H,9H2. The Morgan fingerprint density at radius 3 is 2.71 bits per heavy atom. The molecule has 0 bridgehead atoms. The minimum atomic E-state index is 0.148. The first-order valence-electron chi connectivity index (χ1n) is 6.18. The highest BCUT2D eigenvalue weighted by Gasteiger charge is 2.15. The predicted molar refractivity (Wildman–Crippen MR) is 81.7 cm³/mol. The topological polar surface area (TPSA) is 46.2 Å². The van der Waals surface area contributed by atoms with Gasteiger partial charge in [-0.15, -0.1) is 0 Å². The third-order valence-corrected chi connectivity index (χ3v) is 3.91. The van der Waals surface area contributed by atoms with E-state index in [1.165, 1.54) is 0 Å². The Bertz CT molecular complexity index is 849. The fraction of sp³-hybridized carbons (Fsp3) is 0.0625. The average molecular weight is 318 g/mol. The SMILES string of the molecule is N#Cc1oc2ccccc2c1OCc1cccc(Cl)c1Cl. The van der Waals surface area contributed by atoms with E-state index in [4.69, 9.17) is 37.6 Å². The van der Waals surface area contributed by atoms with Crippen molar-refractivity contribution in [3.8, 4) is 11.8 Å². The summed E-state index contributed by atoms with van der Waals surface area (Å²) in [5.41, 5.74) is 1.36. The molecular formula is C16H9Cl2NO2. The highest BCUT2D eigenvalue weighted by Crippen LogP contribution is 2.34. The van der Waals surface area contributed by atoms with E-state index in [-0.39, 0.29) is 12.4 Å². The van der Waals surface area contributed by atoms with Crippen LogP contribution < -0.4 is 4.74 Å². The lowest BCUT2D eigenvalue weighted by Crippen LogP contribution is -1.97. The Balaban J connectivity index is 1.95. The molecule has 0 amide bonds. The number of ether oxygens (including phenoxy) is 1. The molecule has 0 spiro atoms. The summed E-state index contributed by atoms with van der Waals surface area (Å²) in [6.07, 6.45) is 0. The molecule has 3 aromatic rings. The zero-order chi connectivity index (χ0) is 14.8. The van der Waals surface area contributed by atoms with Crippen LogP contribution in [-0.2, 0) is 6.61 Å². The number of rotatable bonds is 3. The minimum Gasteiger partial charge on any atom is -0.483 e. The van der Waals surface area contributed by atoms with E-state index in [2.05, 4.69) is 0 Å². The van der Waals surface area contributed by atoms with Gasteiger partial charge in [0.2, 0.25) is 5.76 Å². The fourth-order valence-electron chi connectivity index (χ4n) is 2.05. The molecule has 0 saturated carbocycles. The summed E-state index contributed by atoms with van der Waals surface area (Å²) >= 11 is 12.1. The molecule has 0 aliphatic carbocycles. The van der Waals surface area contributed by atoms with Gasteiger partial charge < -0.3 is 9.15 Å². The number of nitriles is 1. The lowest BCUT2D eigenvalue weighted by Gasteiger charge is -2.07. The number of furan rings is 1. The van der Waals surface area contributed by atoms with E-state index in [9.17, 15) is 0 Å². The van der Waals surface area contributed by atoms with E-state index in [1.54, 1.807) is 18.2 Å². The maximum Gasteiger partial charge on any atom is 0.246 e. The summed E-state index contributed by atoms with van der Waals surface area (Å²) in [6.45, 7) is 0.206. The summed E-state index contributed by atoms with van der Waals surface area (Å²) in [4.78, 5) is 0. The van der Waals surface area contributed by atoms with Gasteiger partial charge in [-0.05, 0) is 18.2 Å². The summed E-state index contributed by atoms with van der Waals surface area (Å²) in [7, 11) is 0. The molecule has 3 nitrogen and oxygen atoms in total. The second kappa shape index (κ2) is 5.69. The smallest absolute Gasteiger partial charge is 0.246 e. The molecule has 0 atom stereocenters. The van der Waals surface area contributed by atoms with Crippen LogP contribution in [0.2, 0.25) is 10.0 Å². The van der Waals surface area contributed by atoms with Crippen molar-refractivity contribution in [3.05, 3.63) is 63.8 Å². The van der Waals surface area contributed by atoms with E-state index in [0.29, 0.717) is 21.4 Å². The Kier molecular flexibility index (Phi) is 3.74. The van der Waals surface area contributed by atoms with E-state index in [0.717, 1.165) is 10.9 Å². The van der Waals surface area contributed by atoms with Crippen LogP contribution in [0.25, 0.3) is 11.0 Å². The van der Waals surface area contributed by atoms with Crippen molar-refractivity contribution in [2.24, 2.45) is 0 Å². The number of hydrogen-bond acceptors (Lipinski definition) is 3. The van der Waals surface area contributed by atoms with Crippen LogP contribution >= 0.6 is 23.2 Å². The fourth-order valence-corrected chi connectivity index (χ4v) is 2.42. The predicted octanol–water partition coefficient (Wildman–Crippen LogP) is 5.19. The van der Waals surface area contributed by atoms with Gasteiger partial charge in [-0.2, -0.15) is 5.26 Å². The molecule has 0 unspecified atom stereocenters. The molecule has 3 rings (SSSR count). The lowest BCUT2D eigenvalue weighted by atomic mass is 10.2. The van der Waals surface area contributed by atoms with Crippen molar-refractivity contribution in [1.29, 1.82) is 5.26 Å². The zero-order valence-electron chi connectivity index (χ0n) is 10.8. The molecule has 5 heteroatoms. The highest BCUT2D eigenvalue weighted by atomic mass is 35.5. The third-order valence-electron chi connectivity index (χ3n) is 3.06. The summed E-state index contributed by atoms with van der Waals surface area (Å²) in [6, 6.07) is 14.7. The molecule has 1 heterocycles. The average Bonchev–Trinajstić information content (AvgIpc) is 2.86. The Morgan fingerprint density at radius 2 is 1.90 bits per heavy atom. The first-order chi connectivity index (χ1) is 10.2. The van der Waals surface area contributed by atoms with Gasteiger partial charge in [0.05, 0.1) is 15.4 Å². The quantitative estimate of drug-likeness (QED) is 0.667. The lowest BCUT2D eigenvalue weighted by molar-refractivity contribution is 0.304. The molecule has 0 N–H and O–H groups in total. The van der Waals surface area contributed by atoms with Crippen LogP contribution in [-0.4, -0.2) is 0 Å². The number of fused-ring (bicyclic) bond motifs is 1. The number of hydrogen-bond donors (Lipinski definition) is 0. The van der Waals surface area contributed by atoms with Crippen LogP contribution in [0, 0.1) is 11.3 Å². The zero-order valence-corrected chi connectivity index (χ0v) is 12.3. The summed E-state index contributed by atoms with van der Waals surface area (Å²) in [5.74, 6) is 0.568. The van der Waals surface area contributed by atoms with Crippen molar-refractivity contribution < 1.29 is 9.15 Å². The molecule has 0 aliphatic heterocycles. The van der Waals surface area contributed by atoms with Gasteiger partial charge in [0, 0.05) is 5.56 Å².